The number of carbonyl (C=O) groups is 4. The second-order valence-corrected chi connectivity index (χ2v) is 13.8. The van der Waals surface area contributed by atoms with E-state index in [0.717, 1.165) is 11.1 Å². The normalized spacial score (nSPS) is 21.9. The number of amides is 4. The van der Waals surface area contributed by atoms with Gasteiger partial charge in [-0.1, -0.05) is 30.5 Å². The lowest BCUT2D eigenvalue weighted by molar-refractivity contribution is -0.150. The number of benzene rings is 1. The summed E-state index contributed by atoms with van der Waals surface area (Å²) >= 11 is 2.44. The number of aliphatic hydroxyl groups is 1. The van der Waals surface area contributed by atoms with E-state index in [9.17, 15) is 39.3 Å². The number of fused-ring (bicyclic) bond motifs is 1. The maximum absolute atomic E-state index is 13.7. The van der Waals surface area contributed by atoms with Crippen molar-refractivity contribution in [1.82, 2.24) is 45.7 Å². The first-order valence-electron chi connectivity index (χ1n) is 15.7. The molecule has 1 saturated carbocycles. The smallest absolute Gasteiger partial charge is 0.352 e. The van der Waals surface area contributed by atoms with Crippen LogP contribution in [-0.4, -0.2) is 109 Å². The van der Waals surface area contributed by atoms with Gasteiger partial charge >= 0.3 is 12.0 Å². The van der Waals surface area contributed by atoms with Gasteiger partial charge in [0.2, 0.25) is 17.0 Å². The molecule has 3 aromatic rings. The molecule has 19 nitrogen and oxygen atoms in total. The molecule has 1 aromatic carbocycles. The van der Waals surface area contributed by atoms with Crippen LogP contribution < -0.4 is 26.8 Å². The first-order chi connectivity index (χ1) is 24.5. The third kappa shape index (κ3) is 7.84. The second kappa shape index (κ2) is 15.2. The van der Waals surface area contributed by atoms with Gasteiger partial charge in [0.05, 0.1) is 12.3 Å². The summed E-state index contributed by atoms with van der Waals surface area (Å²) in [6.07, 6.45) is 4.89. The number of tetrazole rings is 1. The molecule has 1 saturated heterocycles. The van der Waals surface area contributed by atoms with Gasteiger partial charge in [0.1, 0.15) is 34.6 Å². The number of aliphatic hydroxyl groups excluding tert-OH is 1. The van der Waals surface area contributed by atoms with E-state index in [1.54, 1.807) is 0 Å². The molecule has 4 amide bonds. The highest BCUT2D eigenvalue weighted by molar-refractivity contribution is 8.01. The number of aliphatic carboxylic acids is 1. The molecule has 2 fully saturated rings. The van der Waals surface area contributed by atoms with E-state index in [-0.39, 0.29) is 52.3 Å². The zero-order valence-electron chi connectivity index (χ0n) is 26.7. The zero-order chi connectivity index (χ0) is 36.2. The Hall–Kier alpha value is -5.41. The lowest BCUT2D eigenvalue weighted by Crippen LogP contribution is -2.71. The molecule has 6 rings (SSSR count). The fourth-order valence-electron chi connectivity index (χ4n) is 5.80. The van der Waals surface area contributed by atoms with Crippen molar-refractivity contribution in [3.8, 4) is 5.75 Å². The number of rotatable bonds is 12. The summed E-state index contributed by atoms with van der Waals surface area (Å²) in [5.41, 5.74) is -0.333. The van der Waals surface area contributed by atoms with Crippen LogP contribution in [0, 0.1) is 0 Å². The molecule has 3 atom stereocenters. The van der Waals surface area contributed by atoms with E-state index < -0.39 is 46.8 Å². The number of hydrogen-bond acceptors (Lipinski definition) is 14. The van der Waals surface area contributed by atoms with Gasteiger partial charge in [-0.05, 0) is 59.4 Å². The van der Waals surface area contributed by atoms with Crippen LogP contribution in [0.2, 0.25) is 0 Å². The molecule has 2 aromatic heterocycles. The summed E-state index contributed by atoms with van der Waals surface area (Å²) in [4.78, 5) is 73.1. The molecule has 3 aliphatic rings. The lowest BCUT2D eigenvalue weighted by Gasteiger charge is -2.49. The number of aromatic nitrogens is 6. The minimum atomic E-state index is -1.40. The van der Waals surface area contributed by atoms with E-state index in [4.69, 9.17) is 0 Å². The van der Waals surface area contributed by atoms with Gasteiger partial charge in [0.25, 0.3) is 11.5 Å². The standard InChI is InChI=1S/C30H33N11O8S2/c1-2-40-30(37-38-39-40)51-13-15-12-50-26-21(25(46)41(26)22(15)27(47)48)34-24(45)20(14-3-7-17(42)8-4-14)35-29(49)33-19-11-31-28(36-23(19)44)32-16-5-9-18(43)10-6-16/h2-4,7-8,11,16,18,20-21,26,42-43H,1,5-6,9-10,12-13H2,(H,34,45)(H,47,48)(H2,33,35,49)(H2,31,32,36,44)/t16?,18?,20?,21?,26-/m0/s1. The van der Waals surface area contributed by atoms with Gasteiger partial charge in [-0.3, -0.25) is 24.3 Å². The number of phenolic OH excluding ortho intramolecular Hbond substituents is 1. The maximum Gasteiger partial charge on any atom is 0.352 e. The van der Waals surface area contributed by atoms with E-state index in [1.165, 1.54) is 58.7 Å². The topological polar surface area (TPSA) is 270 Å². The van der Waals surface area contributed by atoms with Crippen LogP contribution in [0.3, 0.4) is 0 Å². The minimum absolute atomic E-state index is 0.0202. The molecular weight excluding hydrogens is 707 g/mol. The lowest BCUT2D eigenvalue weighted by atomic mass is 9.93. The number of aromatic amines is 1. The molecule has 0 spiro atoms. The maximum atomic E-state index is 13.7. The van der Waals surface area contributed by atoms with Crippen LogP contribution in [0.5, 0.6) is 5.75 Å². The van der Waals surface area contributed by atoms with E-state index in [1.807, 2.05) is 0 Å². The van der Waals surface area contributed by atoms with Crippen molar-refractivity contribution in [2.45, 2.75) is 60.4 Å². The number of hydrogen-bond donors (Lipinski definition) is 8. The number of anilines is 2. The van der Waals surface area contributed by atoms with Crippen LogP contribution in [0.1, 0.15) is 37.3 Å². The molecule has 2 aliphatic heterocycles. The Balaban J connectivity index is 1.12. The molecule has 51 heavy (non-hydrogen) atoms. The molecule has 4 heterocycles. The summed E-state index contributed by atoms with van der Waals surface area (Å²) in [6, 6.07) is 2.01. The van der Waals surface area contributed by atoms with Crippen molar-refractivity contribution in [2.75, 3.05) is 22.1 Å². The highest BCUT2D eigenvalue weighted by Gasteiger charge is 2.54. The fourth-order valence-corrected chi connectivity index (χ4v) is 8.16. The van der Waals surface area contributed by atoms with Crippen LogP contribution in [0.4, 0.5) is 16.4 Å². The first-order valence-corrected chi connectivity index (χ1v) is 17.7. The molecule has 1 aliphatic carbocycles. The highest BCUT2D eigenvalue weighted by Crippen LogP contribution is 2.41. The number of β-lactam (4-membered cyclic amide) rings is 1. The Morgan fingerprint density at radius 2 is 1.90 bits per heavy atom. The number of carboxylic acid groups (broad SMARTS) is 1. The molecule has 0 bridgehead atoms. The Labute approximate surface area is 297 Å². The Morgan fingerprint density at radius 3 is 2.59 bits per heavy atom. The number of H-pyrrole nitrogens is 1. The number of carboxylic acids is 1. The van der Waals surface area contributed by atoms with Crippen molar-refractivity contribution < 1.29 is 34.5 Å². The first kappa shape index (κ1) is 35.4. The molecule has 21 heteroatoms. The predicted molar refractivity (Wildman–Crippen MR) is 184 cm³/mol. The minimum Gasteiger partial charge on any atom is -0.508 e. The van der Waals surface area contributed by atoms with E-state index in [2.05, 4.69) is 53.3 Å². The van der Waals surface area contributed by atoms with Crippen molar-refractivity contribution in [3.05, 3.63) is 64.2 Å². The number of aromatic hydroxyl groups is 1. The van der Waals surface area contributed by atoms with Gasteiger partial charge in [-0.15, -0.1) is 16.9 Å². The number of urea groups is 1. The van der Waals surface area contributed by atoms with Gasteiger partial charge < -0.3 is 36.6 Å². The van der Waals surface area contributed by atoms with Crippen LogP contribution >= 0.6 is 23.5 Å². The van der Waals surface area contributed by atoms with Gasteiger partial charge in [-0.25, -0.2) is 14.6 Å². The van der Waals surface area contributed by atoms with Crippen LogP contribution in [0.15, 0.2) is 58.3 Å². The average Bonchev–Trinajstić information content (AvgIpc) is 3.58. The van der Waals surface area contributed by atoms with Crippen LogP contribution in [-0.2, 0) is 14.4 Å². The quantitative estimate of drug-likeness (QED) is 0.0937. The van der Waals surface area contributed by atoms with E-state index >= 15 is 0 Å². The molecule has 268 valence electrons. The summed E-state index contributed by atoms with van der Waals surface area (Å²) in [5, 5.41) is 51.0. The van der Waals surface area contributed by atoms with Crippen molar-refractivity contribution in [2.24, 2.45) is 0 Å². The summed E-state index contributed by atoms with van der Waals surface area (Å²) in [6.45, 7) is 3.62. The van der Waals surface area contributed by atoms with Crippen molar-refractivity contribution >= 4 is 65.2 Å². The monoisotopic (exact) mass is 739 g/mol. The third-order valence-electron chi connectivity index (χ3n) is 8.41. The molecule has 0 radical (unpaired) electrons. The largest absolute Gasteiger partial charge is 0.508 e. The van der Waals surface area contributed by atoms with Crippen molar-refractivity contribution in [3.63, 3.8) is 0 Å². The van der Waals surface area contributed by atoms with Gasteiger partial charge in [-0.2, -0.15) is 4.68 Å². The Morgan fingerprint density at radius 1 is 1.16 bits per heavy atom. The zero-order valence-corrected chi connectivity index (χ0v) is 28.3. The average molecular weight is 740 g/mol. The summed E-state index contributed by atoms with van der Waals surface area (Å²) in [7, 11) is 0. The van der Waals surface area contributed by atoms with Gasteiger partial charge in [0.15, 0.2) is 0 Å². The molecule has 2 unspecified atom stereocenters. The number of carbonyl (C=O) groups excluding carboxylic acids is 3. The van der Waals surface area contributed by atoms with Gasteiger partial charge in [0, 0.05) is 23.7 Å². The number of thioether (sulfide) groups is 2. The number of nitrogens with zero attached hydrogens (tertiary/aromatic N) is 6. The summed E-state index contributed by atoms with van der Waals surface area (Å²) < 4.78 is 1.33. The number of nitrogens with one attached hydrogen (secondary N) is 5. The summed E-state index contributed by atoms with van der Waals surface area (Å²) in [5.74, 6) is -2.22. The van der Waals surface area contributed by atoms with E-state index in [0.29, 0.717) is 36.4 Å². The highest BCUT2D eigenvalue weighted by atomic mass is 32.2. The predicted octanol–water partition coefficient (Wildman–Crippen LogP) is 0.672. The number of phenols is 1. The Bertz CT molecular complexity index is 1930. The Kier molecular flexibility index (Phi) is 10.6. The van der Waals surface area contributed by atoms with Crippen LogP contribution in [0.25, 0.3) is 6.20 Å². The fraction of sp³-hybridized carbons (Fsp3) is 0.367. The molecular formula is C30H33N11O8S2. The SMILES string of the molecule is C=Cn1nnnc1SCC1=C(C(=O)O)N2C(=O)C(NC(=O)C(NC(=O)Nc3cnc(NC4CCC(O)CC4)[nH]c3=O)c3ccc(O)cc3)[C@@H]2SC1. The third-order valence-corrected chi connectivity index (χ3v) is 10.8. The second-order valence-electron chi connectivity index (χ2n) is 11.8. The van der Waals surface area contributed by atoms with Crippen molar-refractivity contribution in [1.29, 1.82) is 0 Å². The molecule has 8 N–H and O–H groups in total.